The third-order valence-corrected chi connectivity index (χ3v) is 5.22. The van der Waals surface area contributed by atoms with Crippen LogP contribution >= 0.6 is 22.9 Å². The number of hydrogen-bond acceptors (Lipinski definition) is 4. The van der Waals surface area contributed by atoms with Crippen molar-refractivity contribution in [2.75, 3.05) is 11.4 Å². The summed E-state index contributed by atoms with van der Waals surface area (Å²) in [6.07, 6.45) is 5.28. The van der Waals surface area contributed by atoms with E-state index in [0.29, 0.717) is 20.8 Å². The van der Waals surface area contributed by atoms with Crippen molar-refractivity contribution in [3.8, 4) is 0 Å². The molecule has 0 aliphatic carbocycles. The summed E-state index contributed by atoms with van der Waals surface area (Å²) in [6.45, 7) is 0.228. The second kappa shape index (κ2) is 5.37. The molecule has 0 radical (unpaired) electrons. The number of pyridine rings is 1. The zero-order chi connectivity index (χ0) is 16.0. The van der Waals surface area contributed by atoms with E-state index >= 15 is 0 Å². The molecule has 0 saturated heterocycles. The molecule has 1 aromatic carbocycles. The summed E-state index contributed by atoms with van der Waals surface area (Å²) >= 11 is 7.24. The van der Waals surface area contributed by atoms with E-state index in [-0.39, 0.29) is 17.8 Å². The largest absolute Gasteiger partial charge is 0.353 e. The van der Waals surface area contributed by atoms with Crippen LogP contribution in [0.3, 0.4) is 0 Å². The van der Waals surface area contributed by atoms with Gasteiger partial charge in [0.05, 0.1) is 16.8 Å². The van der Waals surface area contributed by atoms with E-state index in [0.717, 1.165) is 10.5 Å². The summed E-state index contributed by atoms with van der Waals surface area (Å²) in [4.78, 5) is 31.0. The average molecular weight is 343 g/mol. The Hall–Kier alpha value is -2.37. The standard InChI is InChI=1S/C17H11ClN2O2S/c18-10-1-3-11(4-2-10)20-8-6-12-15-13(21)5-7-19-17(15)23-16(12)14(22)9-20/h1-8H,9H2,(H,19,21). The van der Waals surface area contributed by atoms with Gasteiger partial charge in [-0.05, 0) is 30.3 Å². The Balaban J connectivity index is 1.85. The number of anilines is 1. The third-order valence-electron chi connectivity index (χ3n) is 3.79. The van der Waals surface area contributed by atoms with Crippen molar-refractivity contribution in [3.05, 3.63) is 68.4 Å². The third kappa shape index (κ3) is 2.38. The van der Waals surface area contributed by atoms with E-state index < -0.39 is 0 Å². The summed E-state index contributed by atoms with van der Waals surface area (Å²) in [5, 5.41) is 1.23. The van der Waals surface area contributed by atoms with Gasteiger partial charge < -0.3 is 9.88 Å². The van der Waals surface area contributed by atoms with Gasteiger partial charge in [-0.1, -0.05) is 11.6 Å². The number of fused-ring (bicyclic) bond motifs is 3. The Morgan fingerprint density at radius 2 is 1.91 bits per heavy atom. The molecule has 23 heavy (non-hydrogen) atoms. The van der Waals surface area contributed by atoms with Gasteiger partial charge in [0.2, 0.25) is 0 Å². The van der Waals surface area contributed by atoms with Crippen molar-refractivity contribution < 1.29 is 4.79 Å². The number of aromatic nitrogens is 1. The van der Waals surface area contributed by atoms with Gasteiger partial charge in [0, 0.05) is 34.7 Å². The topological polar surface area (TPSA) is 53.2 Å². The lowest BCUT2D eigenvalue weighted by atomic mass is 10.1. The van der Waals surface area contributed by atoms with Gasteiger partial charge in [-0.2, -0.15) is 0 Å². The SMILES string of the molecule is O=C1CN(c2ccc(Cl)cc2)C=Cc2c1sc1[nH]ccc(=O)c21. The molecule has 0 fully saturated rings. The van der Waals surface area contributed by atoms with Crippen LogP contribution in [0.1, 0.15) is 15.2 Å². The van der Waals surface area contributed by atoms with Crippen LogP contribution in [-0.4, -0.2) is 17.3 Å². The van der Waals surface area contributed by atoms with E-state index in [1.807, 2.05) is 29.3 Å². The monoisotopic (exact) mass is 342 g/mol. The van der Waals surface area contributed by atoms with Crippen LogP contribution in [0.4, 0.5) is 5.69 Å². The number of nitrogens with zero attached hydrogens (tertiary/aromatic N) is 1. The highest BCUT2D eigenvalue weighted by molar-refractivity contribution is 7.20. The molecule has 0 atom stereocenters. The van der Waals surface area contributed by atoms with E-state index in [1.165, 1.54) is 17.4 Å². The van der Waals surface area contributed by atoms with E-state index in [9.17, 15) is 9.59 Å². The number of benzene rings is 1. The van der Waals surface area contributed by atoms with Crippen LogP contribution in [0.25, 0.3) is 16.3 Å². The Labute approximate surface area is 140 Å². The molecular weight excluding hydrogens is 332 g/mol. The van der Waals surface area contributed by atoms with Gasteiger partial charge in [0.25, 0.3) is 0 Å². The van der Waals surface area contributed by atoms with Crippen molar-refractivity contribution in [3.63, 3.8) is 0 Å². The highest BCUT2D eigenvalue weighted by Crippen LogP contribution is 2.32. The highest BCUT2D eigenvalue weighted by atomic mass is 35.5. The zero-order valence-electron chi connectivity index (χ0n) is 11.9. The molecule has 1 aliphatic rings. The van der Waals surface area contributed by atoms with Crippen molar-refractivity contribution in [1.29, 1.82) is 0 Å². The van der Waals surface area contributed by atoms with Crippen LogP contribution in [-0.2, 0) is 0 Å². The average Bonchev–Trinajstić information content (AvgIpc) is 2.85. The first-order valence-corrected chi connectivity index (χ1v) is 8.21. The number of ketones is 1. The Morgan fingerprint density at radius 1 is 1.13 bits per heavy atom. The first-order valence-electron chi connectivity index (χ1n) is 7.01. The second-order valence-corrected chi connectivity index (χ2v) is 6.69. The minimum atomic E-state index is -0.0753. The fourth-order valence-electron chi connectivity index (χ4n) is 2.69. The Morgan fingerprint density at radius 3 is 2.70 bits per heavy atom. The first-order chi connectivity index (χ1) is 11.1. The highest BCUT2D eigenvalue weighted by Gasteiger charge is 2.23. The molecule has 0 unspecified atom stereocenters. The summed E-state index contributed by atoms with van der Waals surface area (Å²) in [5.41, 5.74) is 1.51. The smallest absolute Gasteiger partial charge is 0.193 e. The number of thiophene rings is 1. The lowest BCUT2D eigenvalue weighted by molar-refractivity contribution is 0.101. The summed E-state index contributed by atoms with van der Waals surface area (Å²) in [5.74, 6) is -0.00560. The van der Waals surface area contributed by atoms with Gasteiger partial charge in [0.1, 0.15) is 4.83 Å². The number of hydrogen-bond donors (Lipinski definition) is 1. The molecule has 114 valence electrons. The number of carbonyl (C=O) groups excluding carboxylic acids is 1. The van der Waals surface area contributed by atoms with Crippen LogP contribution in [0, 0.1) is 0 Å². The number of H-pyrrole nitrogens is 1. The van der Waals surface area contributed by atoms with Gasteiger partial charge in [-0.25, -0.2) is 0 Å². The summed E-state index contributed by atoms with van der Waals surface area (Å²) < 4.78 is 0. The number of nitrogens with one attached hydrogen (secondary N) is 1. The van der Waals surface area contributed by atoms with Crippen LogP contribution in [0.2, 0.25) is 5.02 Å². The maximum Gasteiger partial charge on any atom is 0.193 e. The van der Waals surface area contributed by atoms with Crippen LogP contribution in [0.5, 0.6) is 0 Å². The number of Topliss-reactive ketones (excluding diaryl/α,β-unsaturated/α-hetero) is 1. The second-order valence-electron chi connectivity index (χ2n) is 5.23. The quantitative estimate of drug-likeness (QED) is 0.729. The van der Waals surface area contributed by atoms with Gasteiger partial charge in [-0.15, -0.1) is 11.3 Å². The van der Waals surface area contributed by atoms with Gasteiger partial charge in [-0.3, -0.25) is 9.59 Å². The molecular formula is C17H11ClN2O2S. The zero-order valence-corrected chi connectivity index (χ0v) is 13.4. The van der Waals surface area contributed by atoms with Crippen molar-refractivity contribution in [2.24, 2.45) is 0 Å². The van der Waals surface area contributed by atoms with Crippen molar-refractivity contribution in [1.82, 2.24) is 4.98 Å². The first kappa shape index (κ1) is 14.2. The van der Waals surface area contributed by atoms with E-state index in [1.54, 1.807) is 18.3 Å². The molecule has 0 spiro atoms. The molecule has 6 heteroatoms. The molecule has 3 aromatic rings. The molecule has 2 aromatic heterocycles. The maximum absolute atomic E-state index is 12.6. The van der Waals surface area contributed by atoms with Crippen LogP contribution < -0.4 is 10.3 Å². The summed E-state index contributed by atoms with van der Waals surface area (Å²) in [6, 6.07) is 8.79. The minimum Gasteiger partial charge on any atom is -0.353 e. The molecule has 3 heterocycles. The molecule has 0 bridgehead atoms. The fraction of sp³-hybridized carbons (Fsp3) is 0.0588. The summed E-state index contributed by atoms with van der Waals surface area (Å²) in [7, 11) is 0. The van der Waals surface area contributed by atoms with E-state index in [4.69, 9.17) is 11.6 Å². The van der Waals surface area contributed by atoms with Crippen LogP contribution in [0.15, 0.2) is 47.5 Å². The Kier molecular flexibility index (Phi) is 3.32. The van der Waals surface area contributed by atoms with Gasteiger partial charge in [0.15, 0.2) is 11.2 Å². The predicted molar refractivity (Wildman–Crippen MR) is 94.6 cm³/mol. The van der Waals surface area contributed by atoms with E-state index in [2.05, 4.69) is 4.98 Å². The minimum absolute atomic E-state index is 0.00560. The Bertz CT molecular complexity index is 1000. The predicted octanol–water partition coefficient (Wildman–Crippen LogP) is 3.92. The molecule has 1 N–H and O–H groups in total. The fourth-order valence-corrected chi connectivity index (χ4v) is 3.91. The molecule has 4 nitrogen and oxygen atoms in total. The molecule has 1 aliphatic heterocycles. The number of halogens is 1. The van der Waals surface area contributed by atoms with Gasteiger partial charge >= 0.3 is 0 Å². The maximum atomic E-state index is 12.6. The molecule has 4 rings (SSSR count). The molecule has 0 saturated carbocycles. The van der Waals surface area contributed by atoms with Crippen molar-refractivity contribution >= 4 is 50.7 Å². The number of carbonyl (C=O) groups is 1. The number of rotatable bonds is 1. The lowest BCUT2D eigenvalue weighted by Crippen LogP contribution is -2.22. The lowest BCUT2D eigenvalue weighted by Gasteiger charge is -2.18. The van der Waals surface area contributed by atoms with Crippen molar-refractivity contribution in [2.45, 2.75) is 0 Å². The number of aromatic amines is 1. The molecule has 0 amide bonds. The normalized spacial score (nSPS) is 14.1.